The van der Waals surface area contributed by atoms with Gasteiger partial charge in [-0.2, -0.15) is 0 Å². The molecular formula is C18H37N. The predicted octanol–water partition coefficient (Wildman–Crippen LogP) is 5.64. The molecular weight excluding hydrogens is 230 g/mol. The molecule has 1 aliphatic heterocycles. The van der Waals surface area contributed by atoms with E-state index in [0.717, 1.165) is 12.0 Å². The number of rotatable bonds is 7. The highest BCUT2D eigenvalue weighted by molar-refractivity contribution is 4.76. The van der Waals surface area contributed by atoms with E-state index >= 15 is 0 Å². The maximum atomic E-state index is 2.67. The Kier molecular flexibility index (Phi) is 9.59. The number of unbranched alkanes of at least 4 members (excludes halogenated alkanes) is 4. The van der Waals surface area contributed by atoms with Gasteiger partial charge in [-0.25, -0.2) is 0 Å². The molecule has 0 aromatic rings. The fraction of sp³-hybridized carbons (Fsp3) is 1.00. The van der Waals surface area contributed by atoms with Crippen molar-refractivity contribution < 1.29 is 0 Å². The maximum absolute atomic E-state index is 2.67. The first-order chi connectivity index (χ1) is 9.25. The summed E-state index contributed by atoms with van der Waals surface area (Å²) in [5.41, 5.74) is 0. The molecule has 114 valence electrons. The van der Waals surface area contributed by atoms with Crippen molar-refractivity contribution in [1.29, 1.82) is 0 Å². The van der Waals surface area contributed by atoms with E-state index in [1.54, 1.807) is 0 Å². The number of hydrogen-bond acceptors (Lipinski definition) is 1. The third-order valence-corrected chi connectivity index (χ3v) is 5.00. The van der Waals surface area contributed by atoms with Crippen LogP contribution in [0.5, 0.6) is 0 Å². The molecule has 0 saturated carbocycles. The Morgan fingerprint density at radius 3 is 2.42 bits per heavy atom. The van der Waals surface area contributed by atoms with Crippen molar-refractivity contribution >= 4 is 0 Å². The lowest BCUT2D eigenvalue weighted by Crippen LogP contribution is -2.37. The fourth-order valence-corrected chi connectivity index (χ4v) is 3.61. The second-order valence-corrected chi connectivity index (χ2v) is 6.78. The van der Waals surface area contributed by atoms with Crippen molar-refractivity contribution in [2.45, 2.75) is 96.9 Å². The third kappa shape index (κ3) is 7.34. The molecule has 2 atom stereocenters. The largest absolute Gasteiger partial charge is 0.303 e. The highest BCUT2D eigenvalue weighted by atomic mass is 15.1. The van der Waals surface area contributed by atoms with Crippen molar-refractivity contribution in [3.63, 3.8) is 0 Å². The molecule has 1 saturated heterocycles. The minimum atomic E-state index is 0.851. The Bertz CT molecular complexity index is 202. The molecule has 2 unspecified atom stereocenters. The van der Waals surface area contributed by atoms with Gasteiger partial charge in [0.05, 0.1) is 0 Å². The lowest BCUT2D eigenvalue weighted by Gasteiger charge is -2.32. The van der Waals surface area contributed by atoms with Gasteiger partial charge in [-0.1, -0.05) is 71.6 Å². The van der Waals surface area contributed by atoms with Crippen LogP contribution in [0, 0.1) is 5.92 Å². The van der Waals surface area contributed by atoms with E-state index in [9.17, 15) is 0 Å². The van der Waals surface area contributed by atoms with Gasteiger partial charge in [-0.15, -0.1) is 0 Å². The lowest BCUT2D eigenvalue weighted by atomic mass is 9.90. The molecule has 0 aromatic carbocycles. The van der Waals surface area contributed by atoms with Gasteiger partial charge in [0.15, 0.2) is 0 Å². The van der Waals surface area contributed by atoms with Gasteiger partial charge < -0.3 is 4.90 Å². The highest BCUT2D eigenvalue weighted by Crippen LogP contribution is 2.24. The summed E-state index contributed by atoms with van der Waals surface area (Å²) < 4.78 is 0. The van der Waals surface area contributed by atoms with Gasteiger partial charge in [0.25, 0.3) is 0 Å². The molecule has 1 heterocycles. The smallest absolute Gasteiger partial charge is 0.0118 e. The van der Waals surface area contributed by atoms with Crippen LogP contribution < -0.4 is 0 Å². The molecule has 0 aliphatic carbocycles. The first-order valence-corrected chi connectivity index (χ1v) is 8.96. The summed E-state index contributed by atoms with van der Waals surface area (Å²) in [6.07, 6.45) is 17.3. The molecule has 1 rings (SSSR count). The van der Waals surface area contributed by atoms with Crippen LogP contribution in [0.25, 0.3) is 0 Å². The summed E-state index contributed by atoms with van der Waals surface area (Å²) in [6, 6.07) is 0.851. The Morgan fingerprint density at radius 1 is 0.947 bits per heavy atom. The quantitative estimate of drug-likeness (QED) is 0.540. The van der Waals surface area contributed by atoms with Gasteiger partial charge in [-0.05, 0) is 38.8 Å². The highest BCUT2D eigenvalue weighted by Gasteiger charge is 2.21. The van der Waals surface area contributed by atoms with Crippen LogP contribution in [0.2, 0.25) is 0 Å². The molecule has 1 nitrogen and oxygen atoms in total. The SMILES string of the molecule is CCCCCCCC(C)C1CCCCCCCN1C. The lowest BCUT2D eigenvalue weighted by molar-refractivity contribution is 0.163. The van der Waals surface area contributed by atoms with Crippen LogP contribution in [-0.4, -0.2) is 24.5 Å². The Hall–Kier alpha value is -0.0400. The van der Waals surface area contributed by atoms with Crippen molar-refractivity contribution in [2.75, 3.05) is 13.6 Å². The second kappa shape index (κ2) is 10.7. The van der Waals surface area contributed by atoms with E-state index in [0.29, 0.717) is 0 Å². The second-order valence-electron chi connectivity index (χ2n) is 6.78. The molecule has 0 radical (unpaired) electrons. The van der Waals surface area contributed by atoms with Crippen LogP contribution in [-0.2, 0) is 0 Å². The Balaban J connectivity index is 2.27. The molecule has 0 spiro atoms. The molecule has 0 N–H and O–H groups in total. The van der Waals surface area contributed by atoms with Crippen LogP contribution in [0.4, 0.5) is 0 Å². The third-order valence-electron chi connectivity index (χ3n) is 5.00. The minimum absolute atomic E-state index is 0.851. The molecule has 0 amide bonds. The first-order valence-electron chi connectivity index (χ1n) is 8.96. The zero-order valence-electron chi connectivity index (χ0n) is 13.8. The van der Waals surface area contributed by atoms with Crippen LogP contribution >= 0.6 is 0 Å². The van der Waals surface area contributed by atoms with Crippen LogP contribution in [0.3, 0.4) is 0 Å². The molecule has 0 bridgehead atoms. The first kappa shape index (κ1) is 17.0. The van der Waals surface area contributed by atoms with Gasteiger partial charge >= 0.3 is 0 Å². The monoisotopic (exact) mass is 267 g/mol. The van der Waals surface area contributed by atoms with E-state index in [2.05, 4.69) is 25.8 Å². The summed E-state index contributed by atoms with van der Waals surface area (Å²) in [7, 11) is 2.36. The van der Waals surface area contributed by atoms with Crippen LogP contribution in [0.1, 0.15) is 90.9 Å². The predicted molar refractivity (Wildman–Crippen MR) is 86.7 cm³/mol. The van der Waals surface area contributed by atoms with E-state index in [1.807, 2.05) is 0 Å². The Labute approximate surface area is 122 Å². The summed E-state index contributed by atoms with van der Waals surface area (Å²) in [6.45, 7) is 6.12. The maximum Gasteiger partial charge on any atom is 0.0118 e. The van der Waals surface area contributed by atoms with E-state index < -0.39 is 0 Å². The number of hydrogen-bond donors (Lipinski definition) is 0. The molecule has 0 aromatic heterocycles. The zero-order valence-corrected chi connectivity index (χ0v) is 13.8. The fourth-order valence-electron chi connectivity index (χ4n) is 3.61. The zero-order chi connectivity index (χ0) is 13.9. The molecule has 1 heteroatoms. The number of nitrogens with zero attached hydrogens (tertiary/aromatic N) is 1. The van der Waals surface area contributed by atoms with Gasteiger partial charge in [0.2, 0.25) is 0 Å². The van der Waals surface area contributed by atoms with E-state index in [1.165, 1.54) is 83.6 Å². The summed E-state index contributed by atoms with van der Waals surface area (Å²) >= 11 is 0. The van der Waals surface area contributed by atoms with Gasteiger partial charge in [0, 0.05) is 6.04 Å². The topological polar surface area (TPSA) is 3.24 Å². The van der Waals surface area contributed by atoms with E-state index in [4.69, 9.17) is 0 Å². The van der Waals surface area contributed by atoms with Crippen molar-refractivity contribution in [2.24, 2.45) is 5.92 Å². The average molecular weight is 268 g/mol. The van der Waals surface area contributed by atoms with Crippen molar-refractivity contribution in [3.8, 4) is 0 Å². The van der Waals surface area contributed by atoms with Gasteiger partial charge in [0.1, 0.15) is 0 Å². The van der Waals surface area contributed by atoms with Crippen molar-refractivity contribution in [3.05, 3.63) is 0 Å². The summed E-state index contributed by atoms with van der Waals surface area (Å²) in [4.78, 5) is 2.67. The molecule has 19 heavy (non-hydrogen) atoms. The summed E-state index contributed by atoms with van der Waals surface area (Å²) in [5, 5.41) is 0. The normalized spacial score (nSPS) is 24.5. The van der Waals surface area contributed by atoms with Gasteiger partial charge in [-0.3, -0.25) is 0 Å². The van der Waals surface area contributed by atoms with Crippen LogP contribution in [0.15, 0.2) is 0 Å². The average Bonchev–Trinajstić information content (AvgIpc) is 2.50. The molecule has 1 fully saturated rings. The van der Waals surface area contributed by atoms with Crippen molar-refractivity contribution in [1.82, 2.24) is 4.90 Å². The molecule has 1 aliphatic rings. The van der Waals surface area contributed by atoms with E-state index in [-0.39, 0.29) is 0 Å². The summed E-state index contributed by atoms with van der Waals surface area (Å²) in [5.74, 6) is 0.893. The standard InChI is InChI=1S/C18H37N/c1-4-5-6-8-11-14-17(2)18-15-12-9-7-10-13-16-19(18)3/h17-18H,4-16H2,1-3H3. The minimum Gasteiger partial charge on any atom is -0.303 e. The Morgan fingerprint density at radius 2 is 1.63 bits per heavy atom.